The normalized spacial score (nSPS) is 11.5. The van der Waals surface area contributed by atoms with E-state index in [1.54, 1.807) is 21.6 Å². The molecule has 0 atom stereocenters. The first-order valence-corrected chi connectivity index (χ1v) is 8.66. The predicted octanol–water partition coefficient (Wildman–Crippen LogP) is 4.09. The Hall–Kier alpha value is -3.60. The van der Waals surface area contributed by atoms with Crippen molar-refractivity contribution in [2.24, 2.45) is 12.0 Å². The van der Waals surface area contributed by atoms with Crippen LogP contribution in [0.15, 0.2) is 76.5 Å². The molecular formula is C22H19N3O2. The van der Waals surface area contributed by atoms with Gasteiger partial charge in [0.25, 0.3) is 5.56 Å². The summed E-state index contributed by atoms with van der Waals surface area (Å²) in [6.45, 7) is 1.86. The van der Waals surface area contributed by atoms with E-state index in [9.17, 15) is 9.90 Å². The number of para-hydroxylation sites is 1. The average molecular weight is 357 g/mol. The van der Waals surface area contributed by atoms with Crippen LogP contribution in [0.5, 0.6) is 5.75 Å². The maximum Gasteiger partial charge on any atom is 0.297 e. The third-order valence-corrected chi connectivity index (χ3v) is 4.79. The van der Waals surface area contributed by atoms with Crippen LogP contribution in [0.2, 0.25) is 0 Å². The molecule has 0 saturated heterocycles. The van der Waals surface area contributed by atoms with Crippen molar-refractivity contribution >= 4 is 22.7 Å². The molecule has 0 saturated carbocycles. The van der Waals surface area contributed by atoms with Crippen molar-refractivity contribution < 1.29 is 5.11 Å². The van der Waals surface area contributed by atoms with Gasteiger partial charge in [0, 0.05) is 18.8 Å². The lowest BCUT2D eigenvalue weighted by molar-refractivity contribution is 0.475. The molecule has 0 bridgehead atoms. The highest BCUT2D eigenvalue weighted by atomic mass is 16.3. The van der Waals surface area contributed by atoms with Crippen LogP contribution in [-0.2, 0) is 7.05 Å². The number of aromatic hydroxyl groups is 1. The number of fused-ring (bicyclic) bond motifs is 1. The number of benzene rings is 3. The van der Waals surface area contributed by atoms with Gasteiger partial charge in [0.1, 0.15) is 5.75 Å². The lowest BCUT2D eigenvalue weighted by atomic mass is 10.0. The molecule has 1 N–H and O–H groups in total. The summed E-state index contributed by atoms with van der Waals surface area (Å²) in [6, 6.07) is 20.7. The van der Waals surface area contributed by atoms with Crippen LogP contribution in [0.1, 0.15) is 11.3 Å². The van der Waals surface area contributed by atoms with Crippen molar-refractivity contribution in [3.05, 3.63) is 88.3 Å². The minimum absolute atomic E-state index is 0.134. The molecule has 1 aromatic heterocycles. The van der Waals surface area contributed by atoms with Gasteiger partial charge in [0.2, 0.25) is 0 Å². The highest BCUT2D eigenvalue weighted by molar-refractivity contribution is 6.03. The summed E-state index contributed by atoms with van der Waals surface area (Å²) < 4.78 is 3.37. The van der Waals surface area contributed by atoms with E-state index in [-0.39, 0.29) is 11.3 Å². The number of phenols is 1. The zero-order valence-electron chi connectivity index (χ0n) is 15.1. The SMILES string of the molecule is Cc1c(N=Cc2c(O)ccc3ccccc23)c(=O)n(-c2ccccc2)n1C. The van der Waals surface area contributed by atoms with Gasteiger partial charge in [-0.25, -0.2) is 9.67 Å². The Morgan fingerprint density at radius 1 is 0.963 bits per heavy atom. The molecule has 0 unspecified atom stereocenters. The maximum atomic E-state index is 12.9. The second-order valence-corrected chi connectivity index (χ2v) is 6.39. The molecule has 0 spiro atoms. The van der Waals surface area contributed by atoms with Crippen LogP contribution in [0.3, 0.4) is 0 Å². The molecule has 0 amide bonds. The lowest BCUT2D eigenvalue weighted by Gasteiger charge is -2.07. The molecular weight excluding hydrogens is 338 g/mol. The van der Waals surface area contributed by atoms with E-state index in [0.29, 0.717) is 11.3 Å². The summed E-state index contributed by atoms with van der Waals surface area (Å²) in [4.78, 5) is 17.4. The first-order valence-electron chi connectivity index (χ1n) is 8.66. The van der Waals surface area contributed by atoms with Gasteiger partial charge in [-0.2, -0.15) is 0 Å². The fraction of sp³-hybridized carbons (Fsp3) is 0.0909. The number of rotatable bonds is 3. The van der Waals surface area contributed by atoms with Gasteiger partial charge in [-0.1, -0.05) is 48.5 Å². The number of nitrogens with zero attached hydrogens (tertiary/aromatic N) is 3. The third-order valence-electron chi connectivity index (χ3n) is 4.79. The van der Waals surface area contributed by atoms with Crippen LogP contribution in [-0.4, -0.2) is 20.7 Å². The topological polar surface area (TPSA) is 59.5 Å². The fourth-order valence-electron chi connectivity index (χ4n) is 3.25. The molecule has 0 fully saturated rings. The van der Waals surface area contributed by atoms with Crippen LogP contribution >= 0.6 is 0 Å². The Labute approximate surface area is 156 Å². The number of hydrogen-bond acceptors (Lipinski definition) is 3. The molecule has 0 aliphatic heterocycles. The Morgan fingerprint density at radius 3 is 2.44 bits per heavy atom. The molecule has 0 radical (unpaired) electrons. The summed E-state index contributed by atoms with van der Waals surface area (Å²) in [6.07, 6.45) is 1.57. The molecule has 3 aromatic carbocycles. The second kappa shape index (κ2) is 6.61. The monoisotopic (exact) mass is 357 g/mol. The van der Waals surface area contributed by atoms with Gasteiger partial charge in [-0.15, -0.1) is 0 Å². The van der Waals surface area contributed by atoms with Crippen molar-refractivity contribution in [3.63, 3.8) is 0 Å². The van der Waals surface area contributed by atoms with Crippen LogP contribution in [0, 0.1) is 6.92 Å². The molecule has 0 aliphatic carbocycles. The first kappa shape index (κ1) is 16.8. The number of hydrogen-bond donors (Lipinski definition) is 1. The minimum Gasteiger partial charge on any atom is -0.507 e. The van der Waals surface area contributed by atoms with Crippen LogP contribution in [0.25, 0.3) is 16.5 Å². The number of aromatic nitrogens is 2. The van der Waals surface area contributed by atoms with Gasteiger partial charge in [0.15, 0.2) is 5.69 Å². The fourth-order valence-corrected chi connectivity index (χ4v) is 3.25. The summed E-state index contributed by atoms with van der Waals surface area (Å²) in [5.41, 5.74) is 2.29. The minimum atomic E-state index is -0.197. The Bertz CT molecular complexity index is 1220. The summed E-state index contributed by atoms with van der Waals surface area (Å²) in [5.74, 6) is 0.134. The Morgan fingerprint density at radius 2 is 1.67 bits per heavy atom. The molecule has 134 valence electrons. The van der Waals surface area contributed by atoms with E-state index >= 15 is 0 Å². The third kappa shape index (κ3) is 2.83. The van der Waals surface area contributed by atoms with Crippen molar-refractivity contribution in [2.75, 3.05) is 0 Å². The number of aliphatic imine (C=N–C) groups is 1. The molecule has 1 heterocycles. The smallest absolute Gasteiger partial charge is 0.297 e. The highest BCUT2D eigenvalue weighted by Gasteiger charge is 2.15. The Balaban J connectivity index is 1.86. The summed E-state index contributed by atoms with van der Waals surface area (Å²) in [7, 11) is 1.83. The first-order chi connectivity index (χ1) is 13.1. The molecule has 4 aromatic rings. The summed E-state index contributed by atoms with van der Waals surface area (Å²) in [5, 5.41) is 12.2. The van der Waals surface area contributed by atoms with Crippen molar-refractivity contribution in [1.29, 1.82) is 0 Å². The zero-order valence-corrected chi connectivity index (χ0v) is 15.1. The van der Waals surface area contributed by atoms with Gasteiger partial charge < -0.3 is 5.11 Å². The zero-order chi connectivity index (χ0) is 19.0. The largest absolute Gasteiger partial charge is 0.507 e. The highest BCUT2D eigenvalue weighted by Crippen LogP contribution is 2.26. The van der Waals surface area contributed by atoms with E-state index in [4.69, 9.17) is 0 Å². The van der Waals surface area contributed by atoms with Crippen molar-refractivity contribution in [1.82, 2.24) is 9.36 Å². The number of phenolic OH excluding ortho intramolecular Hbond substituents is 1. The van der Waals surface area contributed by atoms with Crippen LogP contribution < -0.4 is 5.56 Å². The van der Waals surface area contributed by atoms with Crippen molar-refractivity contribution in [3.8, 4) is 11.4 Å². The standard InChI is InChI=1S/C22H19N3O2/c1-15-21(22(27)25(24(15)2)17-9-4-3-5-10-17)23-14-19-18-11-7-6-8-16(18)12-13-20(19)26/h3-14,26H,1-2H3. The van der Waals surface area contributed by atoms with E-state index in [0.717, 1.165) is 22.2 Å². The quantitative estimate of drug-likeness (QED) is 0.561. The van der Waals surface area contributed by atoms with E-state index < -0.39 is 0 Å². The van der Waals surface area contributed by atoms with Gasteiger partial charge in [-0.3, -0.25) is 9.48 Å². The van der Waals surface area contributed by atoms with Crippen molar-refractivity contribution in [2.45, 2.75) is 6.92 Å². The molecule has 4 rings (SSSR count). The average Bonchev–Trinajstić information content (AvgIpc) is 2.90. The second-order valence-electron chi connectivity index (χ2n) is 6.39. The van der Waals surface area contributed by atoms with Crippen LogP contribution in [0.4, 0.5) is 5.69 Å². The Kier molecular flexibility index (Phi) is 4.12. The van der Waals surface area contributed by atoms with E-state index in [2.05, 4.69) is 4.99 Å². The predicted molar refractivity (Wildman–Crippen MR) is 109 cm³/mol. The van der Waals surface area contributed by atoms with Gasteiger partial charge >= 0.3 is 0 Å². The molecule has 5 heteroatoms. The summed E-state index contributed by atoms with van der Waals surface area (Å²) >= 11 is 0. The molecule has 0 aliphatic rings. The van der Waals surface area contributed by atoms with E-state index in [1.165, 1.54) is 0 Å². The van der Waals surface area contributed by atoms with Gasteiger partial charge in [0.05, 0.1) is 11.4 Å². The van der Waals surface area contributed by atoms with E-state index in [1.807, 2.05) is 74.6 Å². The molecule has 27 heavy (non-hydrogen) atoms. The maximum absolute atomic E-state index is 12.9. The molecule has 5 nitrogen and oxygen atoms in total. The lowest BCUT2D eigenvalue weighted by Crippen LogP contribution is -2.19. The van der Waals surface area contributed by atoms with Gasteiger partial charge in [-0.05, 0) is 35.9 Å².